The minimum atomic E-state index is -0.0756. The summed E-state index contributed by atoms with van der Waals surface area (Å²) in [4.78, 5) is 27.1. The van der Waals surface area contributed by atoms with Crippen LogP contribution >= 0.6 is 0 Å². The number of fused-ring (bicyclic) bond motifs is 5. The Balaban J connectivity index is 1.31. The van der Waals surface area contributed by atoms with Crippen LogP contribution in [0.5, 0.6) is 5.75 Å². The number of rotatable bonds is 5. The van der Waals surface area contributed by atoms with Crippen molar-refractivity contribution in [1.29, 1.82) is 0 Å². The van der Waals surface area contributed by atoms with Crippen LogP contribution in [0.15, 0.2) is 12.1 Å². The number of ketones is 1. The number of benzene rings is 1. The highest BCUT2D eigenvalue weighted by Gasteiger charge is 2.54. The molecule has 2 saturated carbocycles. The summed E-state index contributed by atoms with van der Waals surface area (Å²) in [6.07, 6.45) is 8.59. The molecule has 5 heteroatoms. The zero-order chi connectivity index (χ0) is 22.3. The molecule has 3 fully saturated rings. The Kier molecular flexibility index (Phi) is 6.04. The number of amides is 1. The van der Waals surface area contributed by atoms with E-state index in [9.17, 15) is 9.59 Å². The number of carbonyl (C=O) groups is 2. The van der Waals surface area contributed by atoms with Crippen molar-refractivity contribution >= 4 is 11.7 Å². The molecule has 0 radical (unpaired) electrons. The van der Waals surface area contributed by atoms with Crippen LogP contribution in [0.3, 0.4) is 0 Å². The van der Waals surface area contributed by atoms with E-state index in [1.54, 1.807) is 7.11 Å². The van der Waals surface area contributed by atoms with Crippen LogP contribution in [-0.4, -0.2) is 50.0 Å². The molecule has 174 valence electrons. The number of hydrogen-bond acceptors (Lipinski definition) is 4. The predicted octanol–water partition coefficient (Wildman–Crippen LogP) is 4.30. The first-order chi connectivity index (χ1) is 15.5. The second-order valence-corrected chi connectivity index (χ2v) is 10.5. The molecule has 0 aromatic heterocycles. The summed E-state index contributed by atoms with van der Waals surface area (Å²) in [6, 6.07) is 4.65. The lowest BCUT2D eigenvalue weighted by atomic mass is 9.55. The Bertz CT molecular complexity index is 890. The number of Topliss-reactive ketones (excluding diaryl/α,β-unsaturated/α-hetero) is 1. The molecule has 32 heavy (non-hydrogen) atoms. The monoisotopic (exact) mass is 439 g/mol. The molecule has 4 aliphatic rings. The molecule has 1 aromatic rings. The summed E-state index contributed by atoms with van der Waals surface area (Å²) >= 11 is 0. The molecule has 1 amide bonds. The van der Waals surface area contributed by atoms with Crippen molar-refractivity contribution in [3.63, 3.8) is 0 Å². The van der Waals surface area contributed by atoms with Crippen LogP contribution in [0.2, 0.25) is 0 Å². The maximum atomic E-state index is 12.6. The van der Waals surface area contributed by atoms with Gasteiger partial charge < -0.3 is 14.4 Å². The highest BCUT2D eigenvalue weighted by Crippen LogP contribution is 2.59. The van der Waals surface area contributed by atoms with E-state index in [2.05, 4.69) is 19.1 Å². The van der Waals surface area contributed by atoms with Crippen LogP contribution in [0, 0.1) is 17.3 Å². The molecule has 3 aliphatic carbocycles. The van der Waals surface area contributed by atoms with E-state index in [-0.39, 0.29) is 11.3 Å². The lowest BCUT2D eigenvalue weighted by Gasteiger charge is -2.48. The third kappa shape index (κ3) is 3.76. The molecule has 0 bridgehead atoms. The van der Waals surface area contributed by atoms with Gasteiger partial charge in [-0.3, -0.25) is 9.59 Å². The van der Waals surface area contributed by atoms with E-state index in [4.69, 9.17) is 9.47 Å². The van der Waals surface area contributed by atoms with E-state index >= 15 is 0 Å². The van der Waals surface area contributed by atoms with Gasteiger partial charge in [-0.15, -0.1) is 0 Å². The maximum Gasteiger partial charge on any atom is 0.222 e. The Morgan fingerprint density at radius 3 is 2.78 bits per heavy atom. The summed E-state index contributed by atoms with van der Waals surface area (Å²) in [5.41, 5.74) is 4.09. The summed E-state index contributed by atoms with van der Waals surface area (Å²) in [5.74, 6) is 3.48. The van der Waals surface area contributed by atoms with E-state index in [0.29, 0.717) is 56.3 Å². The van der Waals surface area contributed by atoms with Crippen LogP contribution in [-0.2, 0) is 27.2 Å². The third-order valence-corrected chi connectivity index (χ3v) is 9.04. The average molecular weight is 440 g/mol. The van der Waals surface area contributed by atoms with Gasteiger partial charge in [-0.1, -0.05) is 13.0 Å². The lowest BCUT2D eigenvalue weighted by molar-refractivity contribution is -0.135. The standard InChI is InChI=1S/C27H37NO4/c1-27-11-10-20-21(23(27)8-9-25(27)29)7-6-18-17-24(31-2)19(16-22(18)20)4-3-5-26(30)28-12-14-32-15-13-28/h16-17,20-21,23H,3-15H2,1-2H3/t20-,21+,23-,27-/m0/s1. The first kappa shape index (κ1) is 21.9. The average Bonchev–Trinajstić information content (AvgIpc) is 3.13. The fourth-order valence-electron chi connectivity index (χ4n) is 7.20. The summed E-state index contributed by atoms with van der Waals surface area (Å²) in [5, 5.41) is 0. The van der Waals surface area contributed by atoms with Gasteiger partial charge in [0.1, 0.15) is 11.5 Å². The highest BCUT2D eigenvalue weighted by molar-refractivity contribution is 5.87. The van der Waals surface area contributed by atoms with Gasteiger partial charge in [0.2, 0.25) is 5.91 Å². The zero-order valence-corrected chi connectivity index (χ0v) is 19.7. The number of ether oxygens (including phenoxy) is 2. The first-order valence-electron chi connectivity index (χ1n) is 12.6. The van der Waals surface area contributed by atoms with Crippen molar-refractivity contribution in [2.75, 3.05) is 33.4 Å². The van der Waals surface area contributed by atoms with Gasteiger partial charge in [-0.05, 0) is 85.5 Å². The molecule has 1 aliphatic heterocycles. The number of hydrogen-bond donors (Lipinski definition) is 0. The molecular formula is C27H37NO4. The Morgan fingerprint density at radius 2 is 2.00 bits per heavy atom. The van der Waals surface area contributed by atoms with Gasteiger partial charge in [0.15, 0.2) is 0 Å². The third-order valence-electron chi connectivity index (χ3n) is 9.04. The van der Waals surface area contributed by atoms with Gasteiger partial charge in [0.05, 0.1) is 20.3 Å². The molecule has 5 nitrogen and oxygen atoms in total. The summed E-state index contributed by atoms with van der Waals surface area (Å²) < 4.78 is 11.1. The number of carbonyl (C=O) groups excluding carboxylic acids is 2. The second-order valence-electron chi connectivity index (χ2n) is 10.5. The molecule has 0 unspecified atom stereocenters. The lowest BCUT2D eigenvalue weighted by Crippen LogP contribution is -2.42. The predicted molar refractivity (Wildman–Crippen MR) is 123 cm³/mol. The maximum absolute atomic E-state index is 12.6. The summed E-state index contributed by atoms with van der Waals surface area (Å²) in [7, 11) is 1.76. The molecule has 1 saturated heterocycles. The molecule has 5 rings (SSSR count). The van der Waals surface area contributed by atoms with Crippen molar-refractivity contribution in [2.24, 2.45) is 17.3 Å². The minimum absolute atomic E-state index is 0.0756. The van der Waals surface area contributed by atoms with E-state index in [1.165, 1.54) is 23.1 Å². The number of aryl methyl sites for hydroxylation is 2. The van der Waals surface area contributed by atoms with Gasteiger partial charge in [0.25, 0.3) is 0 Å². The number of methoxy groups -OCH3 is 1. The molecular weight excluding hydrogens is 402 g/mol. The SMILES string of the molecule is COc1cc2c(cc1CCCC(=O)N1CCOCC1)[C@H]1CC[C@]3(C)C(=O)CC[C@H]3[C@@H]1CC2. The summed E-state index contributed by atoms with van der Waals surface area (Å²) in [6.45, 7) is 4.97. The topological polar surface area (TPSA) is 55.8 Å². The molecule has 1 aromatic carbocycles. The van der Waals surface area contributed by atoms with Gasteiger partial charge in [-0.2, -0.15) is 0 Å². The quantitative estimate of drug-likeness (QED) is 0.686. The highest BCUT2D eigenvalue weighted by atomic mass is 16.5. The van der Waals surface area contributed by atoms with E-state index in [1.807, 2.05) is 4.90 Å². The van der Waals surface area contributed by atoms with Crippen LogP contribution in [0.25, 0.3) is 0 Å². The zero-order valence-electron chi connectivity index (χ0n) is 19.7. The Labute approximate surface area is 191 Å². The van der Waals surface area contributed by atoms with Gasteiger partial charge in [-0.25, -0.2) is 0 Å². The smallest absolute Gasteiger partial charge is 0.222 e. The van der Waals surface area contributed by atoms with Crippen molar-refractivity contribution in [2.45, 2.75) is 70.6 Å². The van der Waals surface area contributed by atoms with Gasteiger partial charge >= 0.3 is 0 Å². The van der Waals surface area contributed by atoms with Crippen molar-refractivity contribution in [3.8, 4) is 5.75 Å². The fraction of sp³-hybridized carbons (Fsp3) is 0.704. The normalized spacial score (nSPS) is 31.6. The molecule has 0 spiro atoms. The van der Waals surface area contributed by atoms with Crippen molar-refractivity contribution in [3.05, 3.63) is 28.8 Å². The Hall–Kier alpha value is -1.88. The number of morpholine rings is 1. The largest absolute Gasteiger partial charge is 0.496 e. The van der Waals surface area contributed by atoms with Crippen molar-refractivity contribution in [1.82, 2.24) is 4.90 Å². The van der Waals surface area contributed by atoms with Crippen LogP contribution in [0.4, 0.5) is 0 Å². The van der Waals surface area contributed by atoms with Gasteiger partial charge in [0, 0.05) is 31.3 Å². The van der Waals surface area contributed by atoms with E-state index < -0.39 is 0 Å². The fourth-order valence-corrected chi connectivity index (χ4v) is 7.20. The molecule has 1 heterocycles. The van der Waals surface area contributed by atoms with Crippen LogP contribution < -0.4 is 4.74 Å². The van der Waals surface area contributed by atoms with Crippen molar-refractivity contribution < 1.29 is 19.1 Å². The first-order valence-corrected chi connectivity index (χ1v) is 12.6. The van der Waals surface area contributed by atoms with Crippen LogP contribution in [0.1, 0.15) is 74.5 Å². The second kappa shape index (κ2) is 8.81. The Morgan fingerprint density at radius 1 is 1.19 bits per heavy atom. The number of nitrogens with zero attached hydrogens (tertiary/aromatic N) is 1. The minimum Gasteiger partial charge on any atom is -0.496 e. The molecule has 0 N–H and O–H groups in total. The molecule has 4 atom stereocenters. The van der Waals surface area contributed by atoms with E-state index in [0.717, 1.165) is 50.7 Å².